The molecule has 2 aromatic rings. The first kappa shape index (κ1) is 8.92. The van der Waals surface area contributed by atoms with Crippen molar-refractivity contribution in [2.45, 2.75) is 25.2 Å². The van der Waals surface area contributed by atoms with Crippen LogP contribution in [0.25, 0.3) is 11.1 Å². The van der Waals surface area contributed by atoms with E-state index in [-0.39, 0.29) is 6.61 Å². The Kier molecular flexibility index (Phi) is 1.99. The third-order valence-electron chi connectivity index (χ3n) is 2.80. The highest BCUT2D eigenvalue weighted by molar-refractivity contribution is 5.73. The number of fused-ring (bicyclic) bond motifs is 1. The standard InChI is InChI=1S/C12H13NO2/c14-6-5-8-1-4-11-10(7-8)13-12(15-11)9-2-3-9/h1,4,7,9,14H,2-3,5-6H2. The Labute approximate surface area is 87.7 Å². The van der Waals surface area contributed by atoms with Crippen LogP contribution in [0.1, 0.15) is 30.2 Å². The van der Waals surface area contributed by atoms with Gasteiger partial charge in [0, 0.05) is 12.5 Å². The average Bonchev–Trinajstić information content (AvgIpc) is 2.99. The largest absolute Gasteiger partial charge is 0.440 e. The highest BCUT2D eigenvalue weighted by Gasteiger charge is 2.28. The van der Waals surface area contributed by atoms with E-state index in [1.54, 1.807) is 0 Å². The number of aliphatic hydroxyl groups is 1. The Morgan fingerprint density at radius 3 is 3.00 bits per heavy atom. The van der Waals surface area contributed by atoms with Crippen molar-refractivity contribution in [1.82, 2.24) is 4.98 Å². The summed E-state index contributed by atoms with van der Waals surface area (Å²) in [5, 5.41) is 8.85. The molecule has 1 fully saturated rings. The van der Waals surface area contributed by atoms with Gasteiger partial charge in [0.2, 0.25) is 0 Å². The first-order chi connectivity index (χ1) is 7.36. The number of hydrogen-bond donors (Lipinski definition) is 1. The van der Waals surface area contributed by atoms with Crippen molar-refractivity contribution in [2.75, 3.05) is 6.61 Å². The van der Waals surface area contributed by atoms with Gasteiger partial charge >= 0.3 is 0 Å². The molecule has 0 bridgehead atoms. The summed E-state index contributed by atoms with van der Waals surface area (Å²) in [6, 6.07) is 5.93. The lowest BCUT2D eigenvalue weighted by atomic mass is 10.1. The first-order valence-electron chi connectivity index (χ1n) is 5.37. The van der Waals surface area contributed by atoms with Crippen LogP contribution in [0.3, 0.4) is 0 Å². The highest BCUT2D eigenvalue weighted by Crippen LogP contribution is 2.40. The molecular weight excluding hydrogens is 190 g/mol. The molecule has 0 unspecified atom stereocenters. The third kappa shape index (κ3) is 1.63. The Morgan fingerprint density at radius 2 is 2.27 bits per heavy atom. The van der Waals surface area contributed by atoms with Gasteiger partial charge in [-0.25, -0.2) is 4.98 Å². The quantitative estimate of drug-likeness (QED) is 0.832. The smallest absolute Gasteiger partial charge is 0.198 e. The maximum absolute atomic E-state index is 8.85. The zero-order chi connectivity index (χ0) is 10.3. The molecule has 0 aliphatic heterocycles. The highest BCUT2D eigenvalue weighted by atomic mass is 16.3. The van der Waals surface area contributed by atoms with E-state index < -0.39 is 0 Å². The van der Waals surface area contributed by atoms with Gasteiger partial charge in [0.05, 0.1) is 0 Å². The molecule has 1 aromatic carbocycles. The number of rotatable bonds is 3. The lowest BCUT2D eigenvalue weighted by Gasteiger charge is -1.95. The molecular formula is C12H13NO2. The molecule has 3 nitrogen and oxygen atoms in total. The zero-order valence-corrected chi connectivity index (χ0v) is 8.44. The van der Waals surface area contributed by atoms with Gasteiger partial charge < -0.3 is 9.52 Å². The predicted octanol–water partition coefficient (Wildman–Crippen LogP) is 2.24. The Balaban J connectivity index is 2.02. The van der Waals surface area contributed by atoms with E-state index in [2.05, 4.69) is 4.98 Å². The fraction of sp³-hybridized carbons (Fsp3) is 0.417. The fourth-order valence-corrected chi connectivity index (χ4v) is 1.78. The normalized spacial score (nSPS) is 16.1. The van der Waals surface area contributed by atoms with E-state index in [9.17, 15) is 0 Å². The number of aliphatic hydroxyl groups excluding tert-OH is 1. The van der Waals surface area contributed by atoms with E-state index >= 15 is 0 Å². The minimum Gasteiger partial charge on any atom is -0.440 e. The third-order valence-corrected chi connectivity index (χ3v) is 2.80. The van der Waals surface area contributed by atoms with Gasteiger partial charge in [-0.1, -0.05) is 6.07 Å². The second-order valence-electron chi connectivity index (χ2n) is 4.10. The SMILES string of the molecule is OCCc1ccc2oc(C3CC3)nc2c1. The van der Waals surface area contributed by atoms with Crippen LogP contribution in [0, 0.1) is 0 Å². The molecule has 1 aromatic heterocycles. The molecule has 1 aliphatic carbocycles. The van der Waals surface area contributed by atoms with Gasteiger partial charge in [-0.05, 0) is 37.0 Å². The predicted molar refractivity (Wildman–Crippen MR) is 56.8 cm³/mol. The topological polar surface area (TPSA) is 46.3 Å². The van der Waals surface area contributed by atoms with E-state index in [0.717, 1.165) is 22.6 Å². The van der Waals surface area contributed by atoms with Crippen LogP contribution in [-0.2, 0) is 6.42 Å². The number of hydrogen-bond acceptors (Lipinski definition) is 3. The van der Waals surface area contributed by atoms with Crippen LogP contribution in [0.2, 0.25) is 0 Å². The monoisotopic (exact) mass is 203 g/mol. The Morgan fingerprint density at radius 1 is 1.40 bits per heavy atom. The summed E-state index contributed by atoms with van der Waals surface area (Å²) in [5.74, 6) is 1.44. The van der Waals surface area contributed by atoms with Crippen molar-refractivity contribution in [3.63, 3.8) is 0 Å². The van der Waals surface area contributed by atoms with E-state index in [1.165, 1.54) is 12.8 Å². The van der Waals surface area contributed by atoms with Crippen LogP contribution in [0.4, 0.5) is 0 Å². The summed E-state index contributed by atoms with van der Waals surface area (Å²) in [7, 11) is 0. The van der Waals surface area contributed by atoms with Gasteiger partial charge in [0.25, 0.3) is 0 Å². The molecule has 0 atom stereocenters. The van der Waals surface area contributed by atoms with Crippen LogP contribution in [-0.4, -0.2) is 16.7 Å². The lowest BCUT2D eigenvalue weighted by Crippen LogP contribution is -1.89. The minimum atomic E-state index is 0.179. The van der Waals surface area contributed by atoms with Crippen LogP contribution in [0.5, 0.6) is 0 Å². The summed E-state index contributed by atoms with van der Waals surface area (Å²) >= 11 is 0. The molecule has 0 radical (unpaired) electrons. The summed E-state index contributed by atoms with van der Waals surface area (Å²) in [6.45, 7) is 0.179. The van der Waals surface area contributed by atoms with Crippen molar-refractivity contribution in [1.29, 1.82) is 0 Å². The molecule has 1 aliphatic rings. The Hall–Kier alpha value is -1.35. The molecule has 0 spiro atoms. The summed E-state index contributed by atoms with van der Waals surface area (Å²) in [5.41, 5.74) is 2.89. The van der Waals surface area contributed by atoms with Crippen molar-refractivity contribution in [3.8, 4) is 0 Å². The van der Waals surface area contributed by atoms with Gasteiger partial charge in [-0.15, -0.1) is 0 Å². The zero-order valence-electron chi connectivity index (χ0n) is 8.44. The molecule has 1 heterocycles. The molecule has 78 valence electrons. The van der Waals surface area contributed by atoms with Gasteiger partial charge in [0.1, 0.15) is 5.52 Å². The van der Waals surface area contributed by atoms with Crippen LogP contribution in [0.15, 0.2) is 22.6 Å². The number of aromatic nitrogens is 1. The van der Waals surface area contributed by atoms with Crippen molar-refractivity contribution < 1.29 is 9.52 Å². The molecule has 3 heteroatoms. The van der Waals surface area contributed by atoms with Gasteiger partial charge in [0.15, 0.2) is 11.5 Å². The van der Waals surface area contributed by atoms with E-state index in [0.29, 0.717) is 12.3 Å². The molecule has 15 heavy (non-hydrogen) atoms. The summed E-state index contributed by atoms with van der Waals surface area (Å²) in [6.07, 6.45) is 3.09. The average molecular weight is 203 g/mol. The van der Waals surface area contributed by atoms with Gasteiger partial charge in [-0.3, -0.25) is 0 Å². The van der Waals surface area contributed by atoms with Crippen molar-refractivity contribution in [3.05, 3.63) is 29.7 Å². The second kappa shape index (κ2) is 3.35. The van der Waals surface area contributed by atoms with Crippen molar-refractivity contribution >= 4 is 11.1 Å². The number of oxazole rings is 1. The number of nitrogens with zero attached hydrogens (tertiary/aromatic N) is 1. The fourth-order valence-electron chi connectivity index (χ4n) is 1.78. The minimum absolute atomic E-state index is 0.179. The van der Waals surface area contributed by atoms with E-state index in [4.69, 9.17) is 9.52 Å². The summed E-state index contributed by atoms with van der Waals surface area (Å²) < 4.78 is 5.65. The Bertz CT molecular complexity index is 485. The first-order valence-corrected chi connectivity index (χ1v) is 5.37. The maximum Gasteiger partial charge on any atom is 0.198 e. The molecule has 3 rings (SSSR count). The maximum atomic E-state index is 8.85. The summed E-state index contributed by atoms with van der Waals surface area (Å²) in [4.78, 5) is 4.47. The van der Waals surface area contributed by atoms with Crippen LogP contribution >= 0.6 is 0 Å². The van der Waals surface area contributed by atoms with E-state index in [1.807, 2.05) is 18.2 Å². The van der Waals surface area contributed by atoms with Gasteiger partial charge in [-0.2, -0.15) is 0 Å². The molecule has 0 amide bonds. The number of benzene rings is 1. The van der Waals surface area contributed by atoms with Crippen LogP contribution < -0.4 is 0 Å². The molecule has 1 N–H and O–H groups in total. The molecule has 0 saturated heterocycles. The van der Waals surface area contributed by atoms with Crippen molar-refractivity contribution in [2.24, 2.45) is 0 Å². The second-order valence-corrected chi connectivity index (χ2v) is 4.10. The molecule has 1 saturated carbocycles. The lowest BCUT2D eigenvalue weighted by molar-refractivity contribution is 0.299.